The van der Waals surface area contributed by atoms with Gasteiger partial charge in [-0.2, -0.15) is 0 Å². The SMILES string of the molecule is Cc1ccc(NC(=O)CN(C)C(=O)C(C)Oc2ccc(Cl)cc2Cl)cc1. The Kier molecular flexibility index (Phi) is 6.89. The second-order valence-electron chi connectivity index (χ2n) is 5.94. The molecule has 0 bridgehead atoms. The van der Waals surface area contributed by atoms with Crippen molar-refractivity contribution in [1.29, 1.82) is 0 Å². The van der Waals surface area contributed by atoms with Crippen molar-refractivity contribution in [2.24, 2.45) is 0 Å². The van der Waals surface area contributed by atoms with Crippen LogP contribution >= 0.6 is 23.2 Å². The molecule has 0 aliphatic heterocycles. The van der Waals surface area contributed by atoms with Crippen LogP contribution in [0.4, 0.5) is 5.69 Å². The summed E-state index contributed by atoms with van der Waals surface area (Å²) >= 11 is 11.9. The van der Waals surface area contributed by atoms with E-state index in [-0.39, 0.29) is 18.4 Å². The van der Waals surface area contributed by atoms with Crippen molar-refractivity contribution in [3.05, 3.63) is 58.1 Å². The summed E-state index contributed by atoms with van der Waals surface area (Å²) < 4.78 is 5.58. The van der Waals surface area contributed by atoms with E-state index in [1.807, 2.05) is 31.2 Å². The van der Waals surface area contributed by atoms with Crippen molar-refractivity contribution in [2.75, 3.05) is 18.9 Å². The molecule has 0 saturated carbocycles. The van der Waals surface area contributed by atoms with Gasteiger partial charge in [-0.1, -0.05) is 40.9 Å². The molecule has 0 saturated heterocycles. The molecular weight excluding hydrogens is 375 g/mol. The lowest BCUT2D eigenvalue weighted by molar-refractivity contribution is -0.139. The van der Waals surface area contributed by atoms with Crippen LogP contribution in [0, 0.1) is 6.92 Å². The number of carbonyl (C=O) groups is 2. The number of rotatable bonds is 6. The van der Waals surface area contributed by atoms with Crippen LogP contribution in [0.5, 0.6) is 5.75 Å². The molecular formula is C19H20Cl2N2O3. The first kappa shape index (κ1) is 20.1. The lowest BCUT2D eigenvalue weighted by Gasteiger charge is -2.22. The number of carbonyl (C=O) groups excluding carboxylic acids is 2. The maximum absolute atomic E-state index is 12.4. The van der Waals surface area contributed by atoms with Gasteiger partial charge < -0.3 is 15.0 Å². The van der Waals surface area contributed by atoms with Gasteiger partial charge >= 0.3 is 0 Å². The topological polar surface area (TPSA) is 58.6 Å². The maximum atomic E-state index is 12.4. The minimum absolute atomic E-state index is 0.0885. The molecule has 7 heteroatoms. The van der Waals surface area contributed by atoms with Gasteiger partial charge in [0.2, 0.25) is 5.91 Å². The number of ether oxygens (including phenoxy) is 1. The fourth-order valence-corrected chi connectivity index (χ4v) is 2.71. The van der Waals surface area contributed by atoms with Gasteiger partial charge in [-0.25, -0.2) is 0 Å². The number of amides is 2. The summed E-state index contributed by atoms with van der Waals surface area (Å²) in [6.45, 7) is 3.47. The number of nitrogens with zero attached hydrogens (tertiary/aromatic N) is 1. The van der Waals surface area contributed by atoms with E-state index in [4.69, 9.17) is 27.9 Å². The first-order valence-corrected chi connectivity index (χ1v) is 8.75. The van der Waals surface area contributed by atoms with Gasteiger partial charge in [0, 0.05) is 17.8 Å². The fraction of sp³-hybridized carbons (Fsp3) is 0.263. The van der Waals surface area contributed by atoms with Gasteiger partial charge in [0.15, 0.2) is 6.10 Å². The van der Waals surface area contributed by atoms with E-state index in [0.29, 0.717) is 21.5 Å². The van der Waals surface area contributed by atoms with Gasteiger partial charge in [-0.15, -0.1) is 0 Å². The molecule has 1 unspecified atom stereocenters. The molecule has 0 fully saturated rings. The Balaban J connectivity index is 1.91. The Hall–Kier alpha value is -2.24. The molecule has 0 aromatic heterocycles. The number of halogens is 2. The zero-order chi connectivity index (χ0) is 19.3. The highest BCUT2D eigenvalue weighted by atomic mass is 35.5. The molecule has 2 rings (SSSR count). The molecule has 1 N–H and O–H groups in total. The molecule has 2 amide bonds. The van der Waals surface area contributed by atoms with Crippen molar-refractivity contribution in [3.8, 4) is 5.75 Å². The Bertz CT molecular complexity index is 794. The maximum Gasteiger partial charge on any atom is 0.263 e. The van der Waals surface area contributed by atoms with E-state index in [2.05, 4.69) is 5.32 Å². The Morgan fingerprint density at radius 2 is 1.81 bits per heavy atom. The van der Waals surface area contributed by atoms with Crippen LogP contribution in [0.25, 0.3) is 0 Å². The van der Waals surface area contributed by atoms with E-state index < -0.39 is 6.10 Å². The molecule has 5 nitrogen and oxygen atoms in total. The smallest absolute Gasteiger partial charge is 0.263 e. The molecule has 0 radical (unpaired) electrons. The average molecular weight is 395 g/mol. The molecule has 138 valence electrons. The summed E-state index contributed by atoms with van der Waals surface area (Å²) in [4.78, 5) is 25.8. The van der Waals surface area contributed by atoms with Gasteiger partial charge in [0.05, 0.1) is 11.6 Å². The predicted octanol–water partition coefficient (Wildman–Crippen LogP) is 4.17. The molecule has 2 aromatic carbocycles. The van der Waals surface area contributed by atoms with Crippen LogP contribution in [0.1, 0.15) is 12.5 Å². The summed E-state index contributed by atoms with van der Waals surface area (Å²) in [5.41, 5.74) is 1.78. The third-order valence-electron chi connectivity index (χ3n) is 3.64. The van der Waals surface area contributed by atoms with Crippen molar-refractivity contribution < 1.29 is 14.3 Å². The highest BCUT2D eigenvalue weighted by Gasteiger charge is 2.22. The van der Waals surface area contributed by atoms with Crippen molar-refractivity contribution in [3.63, 3.8) is 0 Å². The highest BCUT2D eigenvalue weighted by Crippen LogP contribution is 2.28. The molecule has 0 heterocycles. The molecule has 0 aliphatic rings. The minimum Gasteiger partial charge on any atom is -0.479 e. The molecule has 26 heavy (non-hydrogen) atoms. The number of aryl methyl sites for hydroxylation is 1. The van der Waals surface area contributed by atoms with Gasteiger partial charge in [0.1, 0.15) is 5.75 Å². The lowest BCUT2D eigenvalue weighted by atomic mass is 10.2. The summed E-state index contributed by atoms with van der Waals surface area (Å²) in [7, 11) is 1.54. The normalized spacial score (nSPS) is 11.6. The van der Waals surface area contributed by atoms with Crippen molar-refractivity contribution in [2.45, 2.75) is 20.0 Å². The van der Waals surface area contributed by atoms with Crippen LogP contribution < -0.4 is 10.1 Å². The second-order valence-corrected chi connectivity index (χ2v) is 6.79. The fourth-order valence-electron chi connectivity index (χ4n) is 2.25. The summed E-state index contributed by atoms with van der Waals surface area (Å²) in [6, 6.07) is 12.2. The summed E-state index contributed by atoms with van der Waals surface area (Å²) in [6.07, 6.45) is -0.800. The number of hydrogen-bond donors (Lipinski definition) is 1. The van der Waals surface area contributed by atoms with E-state index in [9.17, 15) is 9.59 Å². The second kappa shape index (κ2) is 8.92. The van der Waals surface area contributed by atoms with Crippen LogP contribution in [0.15, 0.2) is 42.5 Å². The number of nitrogens with one attached hydrogen (secondary N) is 1. The summed E-state index contributed by atoms with van der Waals surface area (Å²) in [5, 5.41) is 3.54. The summed E-state index contributed by atoms with van der Waals surface area (Å²) in [5.74, 6) is -0.272. The Morgan fingerprint density at radius 3 is 2.42 bits per heavy atom. The average Bonchev–Trinajstić information content (AvgIpc) is 2.58. The van der Waals surface area contributed by atoms with Crippen LogP contribution in [0.2, 0.25) is 10.0 Å². The van der Waals surface area contributed by atoms with E-state index in [1.54, 1.807) is 26.1 Å². The number of likely N-dealkylation sites (N-methyl/N-ethyl adjacent to an activating group) is 1. The first-order valence-electron chi connectivity index (χ1n) is 7.99. The zero-order valence-electron chi connectivity index (χ0n) is 14.8. The van der Waals surface area contributed by atoms with Crippen LogP contribution in [-0.4, -0.2) is 36.4 Å². The predicted molar refractivity (Wildman–Crippen MR) is 104 cm³/mol. The third kappa shape index (κ3) is 5.64. The lowest BCUT2D eigenvalue weighted by Crippen LogP contribution is -2.42. The molecule has 2 aromatic rings. The molecule has 1 atom stereocenters. The first-order chi connectivity index (χ1) is 12.3. The zero-order valence-corrected chi connectivity index (χ0v) is 16.3. The monoisotopic (exact) mass is 394 g/mol. The van der Waals surface area contributed by atoms with E-state index in [1.165, 1.54) is 11.0 Å². The minimum atomic E-state index is -0.800. The molecule has 0 spiro atoms. The standard InChI is InChI=1S/C19H20Cl2N2O3/c1-12-4-7-15(8-5-12)22-18(24)11-23(3)19(25)13(2)26-17-9-6-14(20)10-16(17)21/h4-10,13H,11H2,1-3H3,(H,22,24). The number of benzene rings is 2. The molecule has 0 aliphatic carbocycles. The van der Waals surface area contributed by atoms with E-state index in [0.717, 1.165) is 5.56 Å². The van der Waals surface area contributed by atoms with Crippen LogP contribution in [-0.2, 0) is 9.59 Å². The van der Waals surface area contributed by atoms with Crippen molar-refractivity contribution >= 4 is 40.7 Å². The third-order valence-corrected chi connectivity index (χ3v) is 4.17. The number of anilines is 1. The highest BCUT2D eigenvalue weighted by molar-refractivity contribution is 6.35. The Labute approximate surface area is 162 Å². The number of hydrogen-bond acceptors (Lipinski definition) is 3. The van der Waals surface area contributed by atoms with E-state index >= 15 is 0 Å². The van der Waals surface area contributed by atoms with Crippen LogP contribution in [0.3, 0.4) is 0 Å². The van der Waals surface area contributed by atoms with Crippen molar-refractivity contribution in [1.82, 2.24) is 4.90 Å². The largest absolute Gasteiger partial charge is 0.479 e. The van der Waals surface area contributed by atoms with Gasteiger partial charge in [0.25, 0.3) is 5.91 Å². The van der Waals surface area contributed by atoms with Gasteiger partial charge in [-0.05, 0) is 44.2 Å². The quantitative estimate of drug-likeness (QED) is 0.799. The van der Waals surface area contributed by atoms with Gasteiger partial charge in [-0.3, -0.25) is 9.59 Å². The Morgan fingerprint density at radius 1 is 1.15 bits per heavy atom.